The van der Waals surface area contributed by atoms with Crippen LogP contribution >= 0.6 is 11.6 Å². The van der Waals surface area contributed by atoms with Gasteiger partial charge in [0, 0.05) is 30.7 Å². The first-order chi connectivity index (χ1) is 10.1. The molecule has 1 aromatic carbocycles. The van der Waals surface area contributed by atoms with Gasteiger partial charge in [-0.2, -0.15) is 0 Å². The number of alkyl halides is 1. The first-order valence-corrected chi connectivity index (χ1v) is 6.88. The van der Waals surface area contributed by atoms with Crippen molar-refractivity contribution in [2.75, 3.05) is 32.7 Å². The Hall–Kier alpha value is -1.86. The Balaban J connectivity index is 2.54. The van der Waals surface area contributed by atoms with Crippen LogP contribution in [-0.4, -0.2) is 43.6 Å². The molecular weight excluding hydrogens is 300 g/mol. The molecule has 0 saturated carbocycles. The lowest BCUT2D eigenvalue weighted by molar-refractivity contribution is -0.385. The molecule has 0 saturated heterocycles. The normalized spacial score (nSPS) is 10.2. The van der Waals surface area contributed by atoms with Crippen molar-refractivity contribution in [1.82, 2.24) is 5.32 Å². The summed E-state index contributed by atoms with van der Waals surface area (Å²) in [6, 6.07) is 4.07. The summed E-state index contributed by atoms with van der Waals surface area (Å²) in [5, 5.41) is 13.5. The molecule has 0 radical (unpaired) electrons. The van der Waals surface area contributed by atoms with E-state index in [-0.39, 0.29) is 22.9 Å². The predicted octanol–water partition coefficient (Wildman–Crippen LogP) is 1.98. The van der Waals surface area contributed by atoms with E-state index in [1.54, 1.807) is 0 Å². The lowest BCUT2D eigenvalue weighted by Crippen LogP contribution is -2.25. The van der Waals surface area contributed by atoms with Crippen molar-refractivity contribution < 1.29 is 19.2 Å². The largest absolute Gasteiger partial charge is 0.490 e. The van der Waals surface area contributed by atoms with E-state index in [2.05, 4.69) is 5.32 Å². The topological polar surface area (TPSA) is 90.7 Å². The third-order valence-electron chi connectivity index (χ3n) is 2.61. The number of ether oxygens (including phenoxy) is 2. The lowest BCUT2D eigenvalue weighted by atomic mass is 10.1. The highest BCUT2D eigenvalue weighted by molar-refractivity contribution is 6.17. The number of benzene rings is 1. The van der Waals surface area contributed by atoms with Gasteiger partial charge in [0.1, 0.15) is 0 Å². The Morgan fingerprint density at radius 3 is 2.81 bits per heavy atom. The molecule has 0 aliphatic rings. The molecule has 7 nitrogen and oxygen atoms in total. The average molecular weight is 317 g/mol. The van der Waals surface area contributed by atoms with Crippen LogP contribution in [0.15, 0.2) is 18.2 Å². The Morgan fingerprint density at radius 1 is 1.43 bits per heavy atom. The number of rotatable bonds is 9. The Bertz CT molecular complexity index is 495. The molecule has 21 heavy (non-hydrogen) atoms. The summed E-state index contributed by atoms with van der Waals surface area (Å²) in [6.45, 7) is 1.39. The molecule has 0 aliphatic carbocycles. The highest BCUT2D eigenvalue weighted by Crippen LogP contribution is 2.27. The number of nitro benzene ring substituents is 1. The fourth-order valence-corrected chi connectivity index (χ4v) is 1.72. The number of nitrogens with zero attached hydrogens (tertiary/aromatic N) is 1. The van der Waals surface area contributed by atoms with Gasteiger partial charge >= 0.3 is 5.69 Å². The molecule has 0 atom stereocenters. The Morgan fingerprint density at radius 2 is 2.19 bits per heavy atom. The minimum atomic E-state index is -0.588. The Labute approximate surface area is 127 Å². The minimum Gasteiger partial charge on any atom is -0.490 e. The van der Waals surface area contributed by atoms with E-state index >= 15 is 0 Å². The van der Waals surface area contributed by atoms with E-state index in [4.69, 9.17) is 21.1 Å². The van der Waals surface area contributed by atoms with Crippen LogP contribution in [0.2, 0.25) is 0 Å². The van der Waals surface area contributed by atoms with Gasteiger partial charge in [0.25, 0.3) is 5.91 Å². The van der Waals surface area contributed by atoms with E-state index in [0.717, 1.165) is 0 Å². The first-order valence-electron chi connectivity index (χ1n) is 6.34. The molecule has 1 amide bonds. The minimum absolute atomic E-state index is 0.117. The molecule has 0 unspecified atom stereocenters. The van der Waals surface area contributed by atoms with Crippen LogP contribution in [-0.2, 0) is 4.74 Å². The van der Waals surface area contributed by atoms with Crippen LogP contribution in [0.4, 0.5) is 5.69 Å². The van der Waals surface area contributed by atoms with Crippen LogP contribution in [0.1, 0.15) is 16.8 Å². The molecule has 1 aromatic rings. The maximum Gasteiger partial charge on any atom is 0.311 e. The smallest absolute Gasteiger partial charge is 0.311 e. The fraction of sp³-hybridized carbons (Fsp3) is 0.462. The van der Waals surface area contributed by atoms with E-state index < -0.39 is 4.92 Å². The number of hydrogen-bond acceptors (Lipinski definition) is 5. The maximum atomic E-state index is 11.9. The van der Waals surface area contributed by atoms with Crippen molar-refractivity contribution in [1.29, 1.82) is 0 Å². The third-order valence-corrected chi connectivity index (χ3v) is 2.76. The van der Waals surface area contributed by atoms with Crippen LogP contribution < -0.4 is 10.1 Å². The van der Waals surface area contributed by atoms with Crippen LogP contribution in [0.25, 0.3) is 0 Å². The number of amides is 1. The van der Waals surface area contributed by atoms with Crippen LogP contribution in [0, 0.1) is 10.1 Å². The van der Waals surface area contributed by atoms with E-state index in [1.807, 2.05) is 0 Å². The highest BCUT2D eigenvalue weighted by Gasteiger charge is 2.17. The summed E-state index contributed by atoms with van der Waals surface area (Å²) in [5.41, 5.74) is -0.0280. The van der Waals surface area contributed by atoms with Crippen molar-refractivity contribution in [2.45, 2.75) is 6.42 Å². The second kappa shape index (κ2) is 9.15. The number of nitrogens with one attached hydrogen (secondary N) is 1. The maximum absolute atomic E-state index is 11.9. The summed E-state index contributed by atoms with van der Waals surface area (Å²) >= 11 is 5.45. The second-order valence-electron chi connectivity index (χ2n) is 4.05. The monoisotopic (exact) mass is 316 g/mol. The van der Waals surface area contributed by atoms with E-state index in [0.29, 0.717) is 32.1 Å². The number of hydrogen-bond donors (Lipinski definition) is 1. The molecular formula is C13H17ClN2O5. The molecule has 116 valence electrons. The van der Waals surface area contributed by atoms with Gasteiger partial charge < -0.3 is 14.8 Å². The summed E-state index contributed by atoms with van der Waals surface area (Å²) in [6.07, 6.45) is 0.640. The van der Waals surface area contributed by atoms with Gasteiger partial charge in [-0.1, -0.05) is 0 Å². The molecule has 0 aliphatic heterocycles. The first kappa shape index (κ1) is 17.2. The van der Waals surface area contributed by atoms with E-state index in [9.17, 15) is 14.9 Å². The SMILES string of the molecule is COc1ccc(C(=O)NCCCOCCCl)cc1[N+](=O)[O-]. The molecule has 0 fully saturated rings. The van der Waals surface area contributed by atoms with Crippen molar-refractivity contribution in [3.8, 4) is 5.75 Å². The molecule has 0 bridgehead atoms. The molecule has 1 rings (SSSR count). The third kappa shape index (κ3) is 5.57. The van der Waals surface area contributed by atoms with Gasteiger partial charge in [-0.3, -0.25) is 14.9 Å². The van der Waals surface area contributed by atoms with Crippen molar-refractivity contribution in [3.05, 3.63) is 33.9 Å². The summed E-state index contributed by atoms with van der Waals surface area (Å²) in [7, 11) is 1.34. The molecule has 0 aromatic heterocycles. The van der Waals surface area contributed by atoms with Gasteiger partial charge in [0.05, 0.1) is 18.6 Å². The Kier molecular flexibility index (Phi) is 7.49. The van der Waals surface area contributed by atoms with Crippen molar-refractivity contribution in [3.63, 3.8) is 0 Å². The number of nitro groups is 1. The number of halogens is 1. The number of carbonyl (C=O) groups excluding carboxylic acids is 1. The lowest BCUT2D eigenvalue weighted by Gasteiger charge is -2.07. The number of methoxy groups -OCH3 is 1. The fourth-order valence-electron chi connectivity index (χ4n) is 1.61. The summed E-state index contributed by atoms with van der Waals surface area (Å²) < 4.78 is 10.0. The predicted molar refractivity (Wildman–Crippen MR) is 78.1 cm³/mol. The zero-order chi connectivity index (χ0) is 15.7. The molecule has 0 heterocycles. The zero-order valence-electron chi connectivity index (χ0n) is 11.6. The van der Waals surface area contributed by atoms with Crippen molar-refractivity contribution in [2.24, 2.45) is 0 Å². The van der Waals surface area contributed by atoms with Crippen LogP contribution in [0.5, 0.6) is 5.75 Å². The van der Waals surface area contributed by atoms with Gasteiger partial charge in [-0.05, 0) is 18.6 Å². The van der Waals surface area contributed by atoms with Gasteiger partial charge in [-0.25, -0.2) is 0 Å². The van der Waals surface area contributed by atoms with Gasteiger partial charge in [0.15, 0.2) is 5.75 Å². The van der Waals surface area contributed by atoms with Crippen LogP contribution in [0.3, 0.4) is 0 Å². The average Bonchev–Trinajstić information content (AvgIpc) is 2.49. The highest BCUT2D eigenvalue weighted by atomic mass is 35.5. The van der Waals surface area contributed by atoms with Crippen molar-refractivity contribution >= 4 is 23.2 Å². The molecule has 1 N–H and O–H groups in total. The quantitative estimate of drug-likeness (QED) is 0.325. The standard InChI is InChI=1S/C13H17ClN2O5/c1-20-12-4-3-10(9-11(12)16(18)19)13(17)15-6-2-7-21-8-5-14/h3-4,9H,2,5-8H2,1H3,(H,15,17). The van der Waals surface area contributed by atoms with E-state index in [1.165, 1.54) is 25.3 Å². The number of carbonyl (C=O) groups is 1. The second-order valence-corrected chi connectivity index (χ2v) is 4.43. The molecule has 8 heteroatoms. The summed E-state index contributed by atoms with van der Waals surface area (Å²) in [4.78, 5) is 22.2. The van der Waals surface area contributed by atoms with Gasteiger partial charge in [0.2, 0.25) is 0 Å². The van der Waals surface area contributed by atoms with Gasteiger partial charge in [-0.15, -0.1) is 11.6 Å². The summed E-state index contributed by atoms with van der Waals surface area (Å²) in [5.74, 6) is 0.172. The molecule has 0 spiro atoms. The zero-order valence-corrected chi connectivity index (χ0v) is 12.4.